The van der Waals surface area contributed by atoms with Crippen LogP contribution in [0.2, 0.25) is 0 Å². The number of hydrogen-bond donors (Lipinski definition) is 2. The van der Waals surface area contributed by atoms with E-state index in [4.69, 9.17) is 25.3 Å². The molecule has 4 aliphatic rings. The number of carbonyl (C=O) groups is 4. The summed E-state index contributed by atoms with van der Waals surface area (Å²) in [6.45, 7) is 0. The summed E-state index contributed by atoms with van der Waals surface area (Å²) in [7, 11) is -15.5. The summed E-state index contributed by atoms with van der Waals surface area (Å²) in [6, 6.07) is 23.0. The minimum Gasteiger partial charge on any atom is -0.744 e. The third-order valence-corrected chi connectivity index (χ3v) is 9.95. The molecule has 26 heteroatoms. The molecule has 0 amide bonds. The third kappa shape index (κ3) is 12.9. The Kier molecular flexibility index (Phi) is 21.2. The van der Waals surface area contributed by atoms with Crippen molar-refractivity contribution in [2.24, 2.45) is 0 Å². The summed E-state index contributed by atoms with van der Waals surface area (Å²) >= 11 is 0. The fraction of sp³-hybridized carbons (Fsp3) is 0.0588. The van der Waals surface area contributed by atoms with E-state index in [2.05, 4.69) is 22.8 Å². The Labute approximate surface area is 432 Å². The molecule has 18 nitrogen and oxygen atoms in total. The predicted octanol–water partition coefficient (Wildman–Crippen LogP) is -10.6. The molecule has 0 bridgehead atoms. The van der Waals surface area contributed by atoms with Gasteiger partial charge in [0.1, 0.15) is 20.2 Å². The molecule has 0 fully saturated rings. The monoisotopic (exact) mass is 930 g/mol. The van der Waals surface area contributed by atoms with E-state index in [-0.39, 0.29) is 176 Å². The second kappa shape index (κ2) is 22.9. The summed E-state index contributed by atoms with van der Waals surface area (Å²) in [5, 5.41) is 5.86. The van der Waals surface area contributed by atoms with Crippen LogP contribution >= 0.6 is 0 Å². The number of hydrogen-bond acceptors (Lipinski definition) is 18. The van der Waals surface area contributed by atoms with Gasteiger partial charge in [-0.15, -0.1) is 31.3 Å². The smallest absolute Gasteiger partial charge is 0.744 e. The van der Waals surface area contributed by atoms with Gasteiger partial charge in [-0.3, -0.25) is 9.59 Å². The van der Waals surface area contributed by atoms with Crippen molar-refractivity contribution in [3.63, 3.8) is 0 Å². The SMILES string of the molecule is O=C1/C(=C2\Cc3ccc(S(=O)(=O)[O-])cc3C2=O)Nc2[c-]cccc21.O=C1/C(=C2\Nc3cc[c-]cc3C2=O)Cc2ccc(S(=O)(=O)[O-])cc21.O=S(=O)=O.O=S(=O)=O.[Na+].[Na+].[Na+].[Na+]. The number of allylic oxidation sites excluding steroid dienone is 4. The first kappa shape index (κ1) is 55.7. The molecule has 0 saturated carbocycles. The number of fused-ring (bicyclic) bond motifs is 4. The molecule has 288 valence electrons. The van der Waals surface area contributed by atoms with Gasteiger partial charge in [0.25, 0.3) is 0 Å². The zero-order valence-electron chi connectivity index (χ0n) is 31.5. The summed E-state index contributed by atoms with van der Waals surface area (Å²) in [5.74, 6) is -1.48. The fourth-order valence-electron chi connectivity index (χ4n) is 5.95. The van der Waals surface area contributed by atoms with Crippen molar-refractivity contribution in [2.45, 2.75) is 22.6 Å². The van der Waals surface area contributed by atoms with Crippen LogP contribution in [0.3, 0.4) is 0 Å². The van der Waals surface area contributed by atoms with Crippen LogP contribution in [0.1, 0.15) is 52.6 Å². The number of carbonyl (C=O) groups excluding carboxylic acids is 4. The van der Waals surface area contributed by atoms with E-state index in [9.17, 15) is 45.1 Å². The second-order valence-electron chi connectivity index (χ2n) is 11.5. The average molecular weight is 931 g/mol. The Hall–Kier alpha value is -2.30. The zero-order chi connectivity index (χ0) is 41.3. The van der Waals surface area contributed by atoms with Crippen LogP contribution in [0, 0.1) is 12.1 Å². The van der Waals surface area contributed by atoms with E-state index >= 15 is 0 Å². The molecule has 2 aliphatic heterocycles. The van der Waals surface area contributed by atoms with Crippen LogP contribution in [-0.2, 0) is 54.3 Å². The van der Waals surface area contributed by atoms with Crippen LogP contribution in [0.25, 0.3) is 0 Å². The maximum absolute atomic E-state index is 12.6. The van der Waals surface area contributed by atoms with Crippen molar-refractivity contribution in [3.8, 4) is 0 Å². The van der Waals surface area contributed by atoms with Gasteiger partial charge in [0.15, 0.2) is 23.1 Å². The van der Waals surface area contributed by atoms with E-state index in [1.165, 1.54) is 24.3 Å². The Morgan fingerprint density at radius 3 is 1.40 bits per heavy atom. The van der Waals surface area contributed by atoms with Gasteiger partial charge in [-0.25, -0.2) is 16.8 Å². The number of rotatable bonds is 2. The number of Topliss-reactive ketones (excluding diaryl/α,β-unsaturated/α-hetero) is 4. The maximum atomic E-state index is 12.6. The summed E-state index contributed by atoms with van der Waals surface area (Å²) in [5.41, 5.74) is 4.36. The van der Waals surface area contributed by atoms with Crippen molar-refractivity contribution in [2.75, 3.05) is 10.6 Å². The van der Waals surface area contributed by atoms with Crippen LogP contribution in [-0.4, -0.2) is 74.3 Å². The molecule has 0 unspecified atom stereocenters. The van der Waals surface area contributed by atoms with Gasteiger partial charge in [-0.05, 0) is 35.4 Å². The largest absolute Gasteiger partial charge is 1.00 e. The van der Waals surface area contributed by atoms with E-state index in [0.29, 0.717) is 33.6 Å². The van der Waals surface area contributed by atoms with Crippen molar-refractivity contribution >= 4 is 76.0 Å². The van der Waals surface area contributed by atoms with Crippen LogP contribution in [0.5, 0.6) is 0 Å². The molecule has 2 aliphatic carbocycles. The fourth-order valence-corrected chi connectivity index (χ4v) is 6.94. The Morgan fingerprint density at radius 1 is 0.550 bits per heavy atom. The third-order valence-electron chi connectivity index (χ3n) is 8.29. The van der Waals surface area contributed by atoms with E-state index in [1.807, 2.05) is 0 Å². The van der Waals surface area contributed by atoms with Gasteiger partial charge in [0.2, 0.25) is 0 Å². The Bertz CT molecular complexity index is 2760. The number of ketones is 4. The van der Waals surface area contributed by atoms with Crippen molar-refractivity contribution in [1.29, 1.82) is 0 Å². The van der Waals surface area contributed by atoms with Crippen molar-refractivity contribution in [3.05, 3.63) is 141 Å². The van der Waals surface area contributed by atoms with Gasteiger partial charge in [-0.1, -0.05) is 34.6 Å². The van der Waals surface area contributed by atoms with Crippen molar-refractivity contribution < 1.29 is 189 Å². The summed E-state index contributed by atoms with van der Waals surface area (Å²) in [4.78, 5) is 49.2. The number of nitrogens with one attached hydrogen (secondary N) is 2. The molecule has 2 N–H and O–H groups in total. The molecule has 0 aromatic heterocycles. The molecular formula is C34H18N2Na4O16S4. The number of anilines is 2. The normalized spacial score (nSPS) is 16.2. The predicted molar refractivity (Wildman–Crippen MR) is 185 cm³/mol. The van der Waals surface area contributed by atoms with E-state index in [1.54, 1.807) is 36.4 Å². The van der Waals surface area contributed by atoms with Gasteiger partial charge in [0.05, 0.1) is 21.2 Å². The van der Waals surface area contributed by atoms with Gasteiger partial charge in [-0.2, -0.15) is 42.5 Å². The molecule has 60 heavy (non-hydrogen) atoms. The van der Waals surface area contributed by atoms with Gasteiger partial charge >= 0.3 is 139 Å². The van der Waals surface area contributed by atoms with Crippen molar-refractivity contribution in [1.82, 2.24) is 0 Å². The van der Waals surface area contributed by atoms with Crippen LogP contribution < -0.4 is 129 Å². The van der Waals surface area contributed by atoms with Crippen LogP contribution in [0.4, 0.5) is 11.4 Å². The molecule has 0 saturated heterocycles. The average Bonchev–Trinajstić information content (AvgIpc) is 3.84. The number of para-hydroxylation sites is 1. The van der Waals surface area contributed by atoms with E-state index in [0.717, 1.165) is 12.1 Å². The maximum Gasteiger partial charge on any atom is 1.00 e. The summed E-state index contributed by atoms with van der Waals surface area (Å²) in [6.07, 6.45) is 0.411. The van der Waals surface area contributed by atoms with E-state index < -0.39 is 62.8 Å². The molecule has 2 heterocycles. The van der Waals surface area contributed by atoms with Gasteiger partial charge < -0.3 is 29.3 Å². The topological polar surface area (TPSA) is 309 Å². The molecule has 8 rings (SSSR count). The standard InChI is InChI=1S/2C17H10NO5S.4Na.2O3S/c2*19-16-12-8-10(24(21,22)23)6-5-9(12)7-13(16)15-17(20)11-3-1-2-4-14(11)18-15;;;;;2*1-4(2)3/h2-6,8,18H,7H2,(H,21,22,23);1-3,5-6,8,18H,7H2,(H,21,22,23);;;;;;/q2*-1;4*+1;;/p-2/b2*15-13-;;;;;;. The van der Waals surface area contributed by atoms with Crippen LogP contribution in [0.15, 0.2) is 105 Å². The Balaban J connectivity index is 0.000000482. The molecular weight excluding hydrogens is 913 g/mol. The first-order valence-corrected chi connectivity index (χ1v) is 19.9. The molecule has 0 spiro atoms. The zero-order valence-corrected chi connectivity index (χ0v) is 42.8. The quantitative estimate of drug-likeness (QED) is 0.0816. The first-order valence-electron chi connectivity index (χ1n) is 15.1. The first-order chi connectivity index (χ1) is 26.2. The number of benzene rings is 4. The van der Waals surface area contributed by atoms with Gasteiger partial charge in [0, 0.05) is 35.1 Å². The molecule has 0 atom stereocenters. The Morgan fingerprint density at radius 2 is 0.983 bits per heavy atom. The minimum absolute atomic E-state index is 0. The second-order valence-corrected chi connectivity index (χ2v) is 15.1. The minimum atomic E-state index is -4.64. The summed E-state index contributed by atoms with van der Waals surface area (Å²) < 4.78 is 117. The molecule has 4 aromatic rings. The molecule has 0 radical (unpaired) electrons. The molecule has 4 aromatic carbocycles.